The molecule has 1 aliphatic heterocycles. The minimum atomic E-state index is -2.14. The third-order valence-electron chi connectivity index (χ3n) is 5.93. The van der Waals surface area contributed by atoms with Gasteiger partial charge in [0.05, 0.1) is 0 Å². The van der Waals surface area contributed by atoms with Gasteiger partial charge in [-0.2, -0.15) is 0 Å². The van der Waals surface area contributed by atoms with Crippen molar-refractivity contribution < 1.29 is 18.8 Å². The largest absolute Gasteiger partial charge is 0.459 e. The Hall–Kier alpha value is -1.92. The number of hydrogen-bond acceptors (Lipinski definition) is 4. The first kappa shape index (κ1) is 23.4. The van der Waals surface area contributed by atoms with E-state index in [4.69, 9.17) is 9.16 Å². The summed E-state index contributed by atoms with van der Waals surface area (Å²) in [6.45, 7) is 15.3. The second-order valence-electron chi connectivity index (χ2n) is 9.17. The lowest BCUT2D eigenvalue weighted by Crippen LogP contribution is -2.51. The Bertz CT molecular complexity index is 711. The maximum Gasteiger partial charge on any atom is 0.329 e. The average molecular weight is 418 g/mol. The molecule has 1 unspecified atom stereocenters. The normalized spacial score (nSPS) is 18.4. The van der Waals surface area contributed by atoms with Crippen LogP contribution < -0.4 is 0 Å². The van der Waals surface area contributed by atoms with Crippen LogP contribution in [0.15, 0.2) is 43.0 Å². The van der Waals surface area contributed by atoms with Crippen molar-refractivity contribution in [3.63, 3.8) is 0 Å². The molecule has 5 nitrogen and oxygen atoms in total. The van der Waals surface area contributed by atoms with Crippen molar-refractivity contribution in [2.24, 2.45) is 0 Å². The molecule has 0 aliphatic carbocycles. The molecule has 2 atom stereocenters. The molecule has 0 aromatic heterocycles. The number of carbonyl (C=O) groups excluding carboxylic acids is 2. The van der Waals surface area contributed by atoms with Crippen LogP contribution in [0.4, 0.5) is 0 Å². The van der Waals surface area contributed by atoms with Gasteiger partial charge in [0, 0.05) is 6.54 Å². The zero-order chi connectivity index (χ0) is 21.7. The first-order chi connectivity index (χ1) is 13.6. The van der Waals surface area contributed by atoms with Crippen LogP contribution in [0.25, 0.3) is 0 Å². The van der Waals surface area contributed by atoms with E-state index in [0.717, 1.165) is 12.0 Å². The Morgan fingerprint density at radius 2 is 1.93 bits per heavy atom. The molecule has 1 aromatic rings. The fourth-order valence-electron chi connectivity index (χ4n) is 3.17. The number of benzene rings is 1. The highest BCUT2D eigenvalue weighted by molar-refractivity contribution is 6.74. The minimum Gasteiger partial charge on any atom is -0.459 e. The molecule has 1 saturated heterocycles. The van der Waals surface area contributed by atoms with Crippen molar-refractivity contribution in [3.05, 3.63) is 48.6 Å². The summed E-state index contributed by atoms with van der Waals surface area (Å²) in [7, 11) is -2.14. The van der Waals surface area contributed by atoms with Gasteiger partial charge in [0.1, 0.15) is 18.8 Å². The van der Waals surface area contributed by atoms with Gasteiger partial charge in [-0.05, 0) is 43.0 Å². The van der Waals surface area contributed by atoms with Crippen LogP contribution in [0, 0.1) is 0 Å². The summed E-state index contributed by atoms with van der Waals surface area (Å²) in [5.74, 6) is -0.474. The summed E-state index contributed by atoms with van der Waals surface area (Å²) in [6.07, 6.45) is 2.97. The highest BCUT2D eigenvalue weighted by Gasteiger charge is 2.43. The van der Waals surface area contributed by atoms with E-state index >= 15 is 0 Å². The number of rotatable bonds is 8. The zero-order valence-electron chi connectivity index (χ0n) is 18.4. The van der Waals surface area contributed by atoms with Crippen molar-refractivity contribution in [2.45, 2.75) is 76.9 Å². The molecule has 0 spiro atoms. The lowest BCUT2D eigenvalue weighted by atomic mass is 10.2. The van der Waals surface area contributed by atoms with Crippen molar-refractivity contribution in [3.8, 4) is 0 Å². The van der Waals surface area contributed by atoms with E-state index in [1.165, 1.54) is 0 Å². The Morgan fingerprint density at radius 1 is 1.28 bits per heavy atom. The van der Waals surface area contributed by atoms with Gasteiger partial charge in [-0.25, -0.2) is 4.79 Å². The monoisotopic (exact) mass is 417 g/mol. The molecule has 0 radical (unpaired) electrons. The van der Waals surface area contributed by atoms with Gasteiger partial charge in [-0.3, -0.25) is 4.79 Å². The Kier molecular flexibility index (Phi) is 7.83. The first-order valence-electron chi connectivity index (χ1n) is 10.4. The Labute approximate surface area is 176 Å². The molecule has 1 amide bonds. The third-order valence-corrected chi connectivity index (χ3v) is 10.4. The molecule has 1 aromatic carbocycles. The van der Waals surface area contributed by atoms with Crippen LogP contribution in [0.3, 0.4) is 0 Å². The van der Waals surface area contributed by atoms with Crippen LogP contribution >= 0.6 is 0 Å². The van der Waals surface area contributed by atoms with Gasteiger partial charge in [0.2, 0.25) is 0 Å². The van der Waals surface area contributed by atoms with Crippen molar-refractivity contribution in [1.29, 1.82) is 0 Å². The van der Waals surface area contributed by atoms with Gasteiger partial charge < -0.3 is 14.1 Å². The van der Waals surface area contributed by atoms with Gasteiger partial charge in [0.15, 0.2) is 8.32 Å². The molecule has 0 saturated carbocycles. The van der Waals surface area contributed by atoms with E-state index in [0.29, 0.717) is 19.4 Å². The molecular weight excluding hydrogens is 382 g/mol. The van der Waals surface area contributed by atoms with Crippen LogP contribution in [0.1, 0.15) is 45.6 Å². The van der Waals surface area contributed by atoms with Gasteiger partial charge in [-0.15, -0.1) is 6.58 Å². The van der Waals surface area contributed by atoms with Crippen LogP contribution in [-0.2, 0) is 25.4 Å². The molecule has 1 aliphatic rings. The van der Waals surface area contributed by atoms with Crippen LogP contribution in [-0.4, -0.2) is 43.8 Å². The van der Waals surface area contributed by atoms with E-state index in [1.54, 1.807) is 11.0 Å². The van der Waals surface area contributed by atoms with E-state index in [-0.39, 0.29) is 23.5 Å². The SMILES string of the molecule is C=CCC(O[Si](C)(C)C(C)(C)C)C(=O)N1CCC[C@H]1C(=O)OCc1ccccc1. The second kappa shape index (κ2) is 9.72. The summed E-state index contributed by atoms with van der Waals surface area (Å²) in [5.41, 5.74) is 0.933. The molecule has 0 bridgehead atoms. The van der Waals surface area contributed by atoms with E-state index in [9.17, 15) is 9.59 Å². The molecule has 6 heteroatoms. The maximum atomic E-state index is 13.3. The number of carbonyl (C=O) groups is 2. The number of likely N-dealkylation sites (tertiary alicyclic amines) is 1. The van der Waals surface area contributed by atoms with E-state index in [2.05, 4.69) is 40.4 Å². The fraction of sp³-hybridized carbons (Fsp3) is 0.565. The maximum absolute atomic E-state index is 13.3. The number of ether oxygens (including phenoxy) is 1. The van der Waals surface area contributed by atoms with Gasteiger partial charge in [-0.1, -0.05) is 57.2 Å². The van der Waals surface area contributed by atoms with Crippen molar-refractivity contribution >= 4 is 20.2 Å². The summed E-state index contributed by atoms with van der Waals surface area (Å²) < 4.78 is 11.9. The number of esters is 1. The van der Waals surface area contributed by atoms with Gasteiger partial charge >= 0.3 is 5.97 Å². The minimum absolute atomic E-state index is 0.00821. The molecule has 29 heavy (non-hydrogen) atoms. The molecular formula is C23H35NO4Si. The number of hydrogen-bond donors (Lipinski definition) is 0. The van der Waals surface area contributed by atoms with Gasteiger partial charge in [0.25, 0.3) is 5.91 Å². The molecule has 1 heterocycles. The molecule has 2 rings (SSSR count). The van der Waals surface area contributed by atoms with E-state index in [1.807, 2.05) is 30.3 Å². The number of nitrogens with zero attached hydrogens (tertiary/aromatic N) is 1. The standard InChI is InChI=1S/C23H35NO4Si/c1-7-12-20(28-29(5,6)23(2,3)4)21(25)24-16-11-15-19(24)22(26)27-17-18-13-9-8-10-14-18/h7-10,13-14,19-20H,1,11-12,15-17H2,2-6H3/t19-,20?/m0/s1. The van der Waals surface area contributed by atoms with Crippen LogP contribution in [0.5, 0.6) is 0 Å². The average Bonchev–Trinajstić information content (AvgIpc) is 3.15. The summed E-state index contributed by atoms with van der Waals surface area (Å²) in [4.78, 5) is 27.6. The molecule has 0 N–H and O–H groups in total. The fourth-order valence-corrected chi connectivity index (χ4v) is 4.43. The molecule has 1 fully saturated rings. The number of amides is 1. The summed E-state index contributed by atoms with van der Waals surface area (Å²) in [5, 5.41) is -0.00821. The Morgan fingerprint density at radius 3 is 2.52 bits per heavy atom. The highest BCUT2D eigenvalue weighted by atomic mass is 28.4. The van der Waals surface area contributed by atoms with Crippen molar-refractivity contribution in [1.82, 2.24) is 4.90 Å². The van der Waals surface area contributed by atoms with E-state index < -0.39 is 20.5 Å². The summed E-state index contributed by atoms with van der Waals surface area (Å²) in [6, 6.07) is 9.03. The highest BCUT2D eigenvalue weighted by Crippen LogP contribution is 2.38. The topological polar surface area (TPSA) is 55.8 Å². The quantitative estimate of drug-likeness (QED) is 0.350. The van der Waals surface area contributed by atoms with Crippen molar-refractivity contribution in [2.75, 3.05) is 6.54 Å². The zero-order valence-corrected chi connectivity index (χ0v) is 19.4. The predicted octanol–water partition coefficient (Wildman–Crippen LogP) is 4.69. The smallest absolute Gasteiger partial charge is 0.329 e. The third kappa shape index (κ3) is 6.03. The lowest BCUT2D eigenvalue weighted by Gasteiger charge is -2.39. The predicted molar refractivity (Wildman–Crippen MR) is 118 cm³/mol. The van der Waals surface area contributed by atoms with Crippen LogP contribution in [0.2, 0.25) is 18.1 Å². The summed E-state index contributed by atoms with van der Waals surface area (Å²) >= 11 is 0. The Balaban J connectivity index is 2.07. The second-order valence-corrected chi connectivity index (χ2v) is 13.9. The lowest BCUT2D eigenvalue weighted by molar-refractivity contribution is -0.156. The molecule has 160 valence electrons. The first-order valence-corrected chi connectivity index (χ1v) is 13.3.